The summed E-state index contributed by atoms with van der Waals surface area (Å²) in [5.74, 6) is -3.55. The molecule has 2 N–H and O–H groups in total. The lowest BCUT2D eigenvalue weighted by Gasteiger charge is -2.08. The lowest BCUT2D eigenvalue weighted by Crippen LogP contribution is -2.16. The molecule has 2 rings (SSSR count). The van der Waals surface area contributed by atoms with Crippen LogP contribution in [0.15, 0.2) is 35.1 Å². The second-order valence-electron chi connectivity index (χ2n) is 3.52. The van der Waals surface area contributed by atoms with Crippen LogP contribution in [0.4, 0.5) is 8.78 Å². The van der Waals surface area contributed by atoms with Gasteiger partial charge in [0.2, 0.25) is 0 Å². The fourth-order valence-corrected chi connectivity index (χ4v) is 1.41. The highest BCUT2D eigenvalue weighted by Gasteiger charge is 2.19. The summed E-state index contributed by atoms with van der Waals surface area (Å²) < 4.78 is 36.8. The van der Waals surface area contributed by atoms with Gasteiger partial charge in [-0.3, -0.25) is 4.79 Å². The lowest BCUT2D eigenvalue weighted by molar-refractivity contribution is 0.0991. The highest BCUT2D eigenvalue weighted by Crippen LogP contribution is 2.23. The van der Waals surface area contributed by atoms with Crippen LogP contribution >= 0.6 is 0 Å². The first kappa shape index (κ1) is 12.1. The number of furan rings is 1. The van der Waals surface area contributed by atoms with E-state index in [0.29, 0.717) is 5.56 Å². The SMILES string of the molecule is NC(=O)c1c(F)ccc(OCc2ccoc2)c1F. The number of ether oxygens (including phenoxy) is 1. The highest BCUT2D eigenvalue weighted by atomic mass is 19.1. The molecule has 0 aliphatic carbocycles. The molecule has 0 bridgehead atoms. The van der Waals surface area contributed by atoms with Gasteiger partial charge in [-0.25, -0.2) is 8.78 Å². The summed E-state index contributed by atoms with van der Waals surface area (Å²) in [6, 6.07) is 3.65. The Bertz CT molecular complexity index is 567. The fourth-order valence-electron chi connectivity index (χ4n) is 1.41. The number of benzene rings is 1. The second-order valence-corrected chi connectivity index (χ2v) is 3.52. The molecule has 0 aliphatic heterocycles. The molecule has 18 heavy (non-hydrogen) atoms. The Morgan fingerprint density at radius 3 is 2.72 bits per heavy atom. The maximum absolute atomic E-state index is 13.7. The van der Waals surface area contributed by atoms with Crippen molar-refractivity contribution in [3.05, 3.63) is 53.5 Å². The van der Waals surface area contributed by atoms with Crippen LogP contribution in [0.3, 0.4) is 0 Å². The number of carbonyl (C=O) groups is 1. The first-order chi connectivity index (χ1) is 8.59. The quantitative estimate of drug-likeness (QED) is 0.908. The lowest BCUT2D eigenvalue weighted by atomic mass is 10.1. The minimum atomic E-state index is -1.18. The zero-order chi connectivity index (χ0) is 13.1. The van der Waals surface area contributed by atoms with Gasteiger partial charge in [-0.05, 0) is 18.2 Å². The Hall–Kier alpha value is -2.37. The van der Waals surface area contributed by atoms with Crippen LogP contribution in [0.2, 0.25) is 0 Å². The highest BCUT2D eigenvalue weighted by molar-refractivity contribution is 5.93. The van der Waals surface area contributed by atoms with Crippen LogP contribution < -0.4 is 10.5 Å². The van der Waals surface area contributed by atoms with Crippen molar-refractivity contribution in [2.75, 3.05) is 0 Å². The van der Waals surface area contributed by atoms with Crippen LogP contribution in [-0.2, 0) is 6.61 Å². The zero-order valence-electron chi connectivity index (χ0n) is 9.15. The summed E-state index contributed by atoms with van der Waals surface area (Å²) in [6.45, 7) is 0.0389. The molecule has 0 atom stereocenters. The molecular formula is C12H9F2NO3. The predicted molar refractivity (Wildman–Crippen MR) is 57.9 cm³/mol. The Morgan fingerprint density at radius 1 is 1.33 bits per heavy atom. The second kappa shape index (κ2) is 4.87. The Kier molecular flexibility index (Phi) is 3.27. The molecule has 94 valence electrons. The van der Waals surface area contributed by atoms with Gasteiger partial charge in [0.1, 0.15) is 18.0 Å². The summed E-state index contributed by atoms with van der Waals surface area (Å²) in [6.07, 6.45) is 2.87. The van der Waals surface area contributed by atoms with Crippen molar-refractivity contribution in [3.8, 4) is 5.75 Å². The van der Waals surface area contributed by atoms with Crippen molar-refractivity contribution < 1.29 is 22.7 Å². The van der Waals surface area contributed by atoms with Gasteiger partial charge in [-0.15, -0.1) is 0 Å². The third kappa shape index (κ3) is 2.32. The van der Waals surface area contributed by atoms with E-state index in [9.17, 15) is 13.6 Å². The Balaban J connectivity index is 2.23. The zero-order valence-corrected chi connectivity index (χ0v) is 9.15. The first-order valence-corrected chi connectivity index (χ1v) is 5.01. The van der Waals surface area contributed by atoms with Crippen LogP contribution in [-0.4, -0.2) is 5.91 Å². The van der Waals surface area contributed by atoms with Gasteiger partial charge in [0.15, 0.2) is 11.6 Å². The van der Waals surface area contributed by atoms with Crippen LogP contribution in [0.25, 0.3) is 0 Å². The molecule has 0 aliphatic rings. The van der Waals surface area contributed by atoms with E-state index in [1.54, 1.807) is 6.07 Å². The smallest absolute Gasteiger partial charge is 0.254 e. The molecule has 0 spiro atoms. The number of amides is 1. The number of hydrogen-bond donors (Lipinski definition) is 1. The van der Waals surface area contributed by atoms with Gasteiger partial charge in [0.25, 0.3) is 5.91 Å². The van der Waals surface area contributed by atoms with Gasteiger partial charge < -0.3 is 14.9 Å². The van der Waals surface area contributed by atoms with E-state index in [-0.39, 0.29) is 12.4 Å². The Labute approximate surface area is 101 Å². The number of rotatable bonds is 4. The first-order valence-electron chi connectivity index (χ1n) is 5.01. The third-order valence-corrected chi connectivity index (χ3v) is 2.28. The monoisotopic (exact) mass is 253 g/mol. The molecule has 6 heteroatoms. The normalized spacial score (nSPS) is 10.3. The van der Waals surface area contributed by atoms with Gasteiger partial charge in [-0.2, -0.15) is 0 Å². The van der Waals surface area contributed by atoms with E-state index < -0.39 is 23.1 Å². The minimum absolute atomic E-state index is 0.0389. The van der Waals surface area contributed by atoms with Crippen molar-refractivity contribution in [1.29, 1.82) is 0 Å². The number of nitrogens with two attached hydrogens (primary N) is 1. The molecular weight excluding hydrogens is 244 g/mol. The van der Waals surface area contributed by atoms with E-state index in [1.165, 1.54) is 12.5 Å². The fraction of sp³-hybridized carbons (Fsp3) is 0.0833. The number of hydrogen-bond acceptors (Lipinski definition) is 3. The van der Waals surface area contributed by atoms with Crippen molar-refractivity contribution in [2.24, 2.45) is 5.73 Å². The predicted octanol–water partition coefficient (Wildman–Crippen LogP) is 2.24. The molecule has 2 aromatic rings. The summed E-state index contributed by atoms with van der Waals surface area (Å²) in [4.78, 5) is 10.9. The molecule has 0 radical (unpaired) electrons. The summed E-state index contributed by atoms with van der Waals surface area (Å²) in [5, 5.41) is 0. The molecule has 1 aromatic carbocycles. The van der Waals surface area contributed by atoms with E-state index in [2.05, 4.69) is 0 Å². The van der Waals surface area contributed by atoms with E-state index in [4.69, 9.17) is 14.9 Å². The van der Waals surface area contributed by atoms with Crippen molar-refractivity contribution in [3.63, 3.8) is 0 Å². The van der Waals surface area contributed by atoms with Crippen LogP contribution in [0.5, 0.6) is 5.75 Å². The van der Waals surface area contributed by atoms with E-state index >= 15 is 0 Å². The molecule has 1 amide bonds. The van der Waals surface area contributed by atoms with Crippen molar-refractivity contribution in [2.45, 2.75) is 6.61 Å². The van der Waals surface area contributed by atoms with Crippen LogP contribution in [0.1, 0.15) is 15.9 Å². The summed E-state index contributed by atoms with van der Waals surface area (Å²) in [5.41, 5.74) is 4.76. The summed E-state index contributed by atoms with van der Waals surface area (Å²) in [7, 11) is 0. The number of primary amides is 1. The molecule has 1 aromatic heterocycles. The van der Waals surface area contributed by atoms with Gasteiger partial charge in [0, 0.05) is 5.56 Å². The minimum Gasteiger partial charge on any atom is -0.486 e. The Morgan fingerprint density at radius 2 is 2.11 bits per heavy atom. The largest absolute Gasteiger partial charge is 0.486 e. The maximum atomic E-state index is 13.7. The van der Waals surface area contributed by atoms with Crippen molar-refractivity contribution >= 4 is 5.91 Å². The van der Waals surface area contributed by atoms with Gasteiger partial charge in [0.05, 0.1) is 12.5 Å². The van der Waals surface area contributed by atoms with E-state index in [0.717, 1.165) is 12.1 Å². The average molecular weight is 253 g/mol. The summed E-state index contributed by atoms with van der Waals surface area (Å²) >= 11 is 0. The molecule has 1 heterocycles. The standard InChI is InChI=1S/C12H9F2NO3/c13-8-1-2-9(11(14)10(8)12(15)16)18-6-7-3-4-17-5-7/h1-5H,6H2,(H2,15,16). The number of carbonyl (C=O) groups excluding carboxylic acids is 1. The van der Waals surface area contributed by atoms with Crippen LogP contribution in [0, 0.1) is 11.6 Å². The van der Waals surface area contributed by atoms with E-state index in [1.807, 2.05) is 0 Å². The maximum Gasteiger partial charge on any atom is 0.254 e. The molecule has 0 saturated heterocycles. The molecule has 4 nitrogen and oxygen atoms in total. The molecule has 0 fully saturated rings. The van der Waals surface area contributed by atoms with Gasteiger partial charge >= 0.3 is 0 Å². The molecule has 0 unspecified atom stereocenters. The van der Waals surface area contributed by atoms with Gasteiger partial charge in [-0.1, -0.05) is 0 Å². The topological polar surface area (TPSA) is 65.5 Å². The number of halogens is 2. The molecule has 0 saturated carbocycles. The third-order valence-electron chi connectivity index (χ3n) is 2.28. The average Bonchev–Trinajstić information content (AvgIpc) is 2.80. The van der Waals surface area contributed by atoms with Crippen molar-refractivity contribution in [1.82, 2.24) is 0 Å².